The number of rotatable bonds is 5. The molecule has 6 nitrogen and oxygen atoms in total. The summed E-state index contributed by atoms with van der Waals surface area (Å²) in [5.41, 5.74) is 3.61. The van der Waals surface area contributed by atoms with Crippen molar-refractivity contribution in [2.75, 3.05) is 0 Å². The number of aldehydes is 1. The highest BCUT2D eigenvalue weighted by molar-refractivity contribution is 5.93. The molecule has 20 heavy (non-hydrogen) atoms. The maximum Gasteiger partial charge on any atom is 0.266 e. The van der Waals surface area contributed by atoms with Gasteiger partial charge in [0.15, 0.2) is 0 Å². The largest absolute Gasteiger partial charge is 0.487 e. The predicted octanol–water partition coefficient (Wildman–Crippen LogP) is 1.08. The molecular formula is C14H13N3O3. The van der Waals surface area contributed by atoms with Gasteiger partial charge in [0.1, 0.15) is 18.6 Å². The minimum Gasteiger partial charge on any atom is -0.487 e. The maximum absolute atomic E-state index is 11.2. The molecule has 2 aromatic rings. The number of carbonyl (C=O) groups excluding carboxylic acids is 2. The summed E-state index contributed by atoms with van der Waals surface area (Å²) in [6.07, 6.45) is 2.17. The first-order valence-corrected chi connectivity index (χ1v) is 5.87. The predicted molar refractivity (Wildman–Crippen MR) is 72.1 cm³/mol. The molecule has 0 saturated heterocycles. The quantitative estimate of drug-likeness (QED) is 0.367. The van der Waals surface area contributed by atoms with E-state index in [0.29, 0.717) is 22.6 Å². The zero-order chi connectivity index (χ0) is 14.4. The van der Waals surface area contributed by atoms with Crippen LogP contribution in [0, 0.1) is 0 Å². The lowest BCUT2D eigenvalue weighted by Crippen LogP contribution is -2.30. The second-order valence-electron chi connectivity index (χ2n) is 3.99. The van der Waals surface area contributed by atoms with Gasteiger partial charge in [-0.25, -0.2) is 5.84 Å². The molecule has 1 aromatic carbocycles. The lowest BCUT2D eigenvalue weighted by atomic mass is 10.2. The molecule has 0 saturated carbocycles. The summed E-state index contributed by atoms with van der Waals surface area (Å²) in [6, 6.07) is 10.1. The van der Waals surface area contributed by atoms with Crippen LogP contribution >= 0.6 is 0 Å². The number of carbonyl (C=O) groups is 2. The van der Waals surface area contributed by atoms with Crippen LogP contribution in [0.5, 0.6) is 5.75 Å². The molecule has 3 N–H and O–H groups in total. The molecule has 0 aliphatic carbocycles. The SMILES string of the molecule is NNC(=O)c1ccc(COc2cccc(C=O)c2)nc1. The zero-order valence-corrected chi connectivity index (χ0v) is 10.6. The number of nitrogens with one attached hydrogen (secondary N) is 1. The highest BCUT2D eigenvalue weighted by Crippen LogP contribution is 2.13. The lowest BCUT2D eigenvalue weighted by molar-refractivity contribution is 0.0953. The second kappa shape index (κ2) is 6.44. The van der Waals surface area contributed by atoms with Crippen LogP contribution in [0.15, 0.2) is 42.6 Å². The fraction of sp³-hybridized carbons (Fsp3) is 0.0714. The molecular weight excluding hydrogens is 258 g/mol. The van der Waals surface area contributed by atoms with Crippen molar-refractivity contribution in [2.45, 2.75) is 6.61 Å². The number of amides is 1. The van der Waals surface area contributed by atoms with Crippen molar-refractivity contribution < 1.29 is 14.3 Å². The number of nitrogens with zero attached hydrogens (tertiary/aromatic N) is 1. The number of aromatic nitrogens is 1. The average Bonchev–Trinajstić information content (AvgIpc) is 2.53. The van der Waals surface area contributed by atoms with E-state index in [0.717, 1.165) is 6.29 Å². The van der Waals surface area contributed by atoms with Crippen LogP contribution in [0.3, 0.4) is 0 Å². The first-order chi connectivity index (χ1) is 9.72. The number of nitrogens with two attached hydrogens (primary N) is 1. The van der Waals surface area contributed by atoms with E-state index < -0.39 is 5.91 Å². The Balaban J connectivity index is 2.00. The van der Waals surface area contributed by atoms with E-state index in [4.69, 9.17) is 10.6 Å². The number of benzene rings is 1. The second-order valence-corrected chi connectivity index (χ2v) is 3.99. The normalized spacial score (nSPS) is 9.85. The van der Waals surface area contributed by atoms with E-state index in [-0.39, 0.29) is 6.61 Å². The Hall–Kier alpha value is -2.73. The minimum absolute atomic E-state index is 0.243. The van der Waals surface area contributed by atoms with Gasteiger partial charge in [-0.2, -0.15) is 0 Å². The lowest BCUT2D eigenvalue weighted by Gasteiger charge is -2.06. The first kappa shape index (κ1) is 13.7. The molecule has 2 rings (SSSR count). The van der Waals surface area contributed by atoms with Crippen LogP contribution in [0.2, 0.25) is 0 Å². The van der Waals surface area contributed by atoms with E-state index in [1.54, 1.807) is 36.4 Å². The summed E-state index contributed by atoms with van der Waals surface area (Å²) < 4.78 is 5.51. The van der Waals surface area contributed by atoms with Crippen molar-refractivity contribution >= 4 is 12.2 Å². The Labute approximate surface area is 115 Å². The smallest absolute Gasteiger partial charge is 0.266 e. The Morgan fingerprint density at radius 2 is 2.20 bits per heavy atom. The fourth-order valence-electron chi connectivity index (χ4n) is 1.56. The van der Waals surface area contributed by atoms with E-state index in [1.807, 2.05) is 5.43 Å². The highest BCUT2D eigenvalue weighted by Gasteiger charge is 2.04. The third kappa shape index (κ3) is 3.39. The van der Waals surface area contributed by atoms with Gasteiger partial charge in [-0.1, -0.05) is 12.1 Å². The topological polar surface area (TPSA) is 94.3 Å². The van der Waals surface area contributed by atoms with Crippen LogP contribution in [0.1, 0.15) is 26.4 Å². The molecule has 0 unspecified atom stereocenters. The third-order valence-electron chi connectivity index (χ3n) is 2.60. The molecule has 0 atom stereocenters. The Morgan fingerprint density at radius 3 is 2.85 bits per heavy atom. The number of ether oxygens (including phenoxy) is 1. The van der Waals surface area contributed by atoms with Crippen LogP contribution in [0.4, 0.5) is 0 Å². The van der Waals surface area contributed by atoms with Crippen LogP contribution in [0.25, 0.3) is 0 Å². The maximum atomic E-state index is 11.2. The standard InChI is InChI=1S/C14H13N3O3/c15-17-14(19)11-4-5-12(16-7-11)9-20-13-3-1-2-10(6-13)8-18/h1-8H,9,15H2,(H,17,19). The van der Waals surface area contributed by atoms with Gasteiger partial charge < -0.3 is 4.74 Å². The van der Waals surface area contributed by atoms with Gasteiger partial charge in [-0.15, -0.1) is 0 Å². The van der Waals surface area contributed by atoms with E-state index in [9.17, 15) is 9.59 Å². The molecule has 1 heterocycles. The van der Waals surface area contributed by atoms with Crippen molar-refractivity contribution in [3.63, 3.8) is 0 Å². The first-order valence-electron chi connectivity index (χ1n) is 5.87. The summed E-state index contributed by atoms with van der Waals surface area (Å²) in [7, 11) is 0. The van der Waals surface area contributed by atoms with E-state index in [2.05, 4.69) is 4.98 Å². The summed E-state index contributed by atoms with van der Waals surface area (Å²) >= 11 is 0. The van der Waals surface area contributed by atoms with Crippen LogP contribution in [-0.4, -0.2) is 17.2 Å². The van der Waals surface area contributed by atoms with Gasteiger partial charge in [0, 0.05) is 11.8 Å². The van der Waals surface area contributed by atoms with Crippen molar-refractivity contribution in [2.24, 2.45) is 5.84 Å². The molecule has 102 valence electrons. The van der Waals surface area contributed by atoms with E-state index >= 15 is 0 Å². The summed E-state index contributed by atoms with van der Waals surface area (Å²) in [5, 5.41) is 0. The molecule has 0 bridgehead atoms. The van der Waals surface area contributed by atoms with Crippen molar-refractivity contribution in [3.05, 3.63) is 59.4 Å². The molecule has 0 fully saturated rings. The number of hydrazine groups is 1. The fourth-order valence-corrected chi connectivity index (χ4v) is 1.56. The van der Waals surface area contributed by atoms with Crippen LogP contribution in [-0.2, 0) is 6.61 Å². The zero-order valence-electron chi connectivity index (χ0n) is 10.6. The Bertz CT molecular complexity index is 611. The highest BCUT2D eigenvalue weighted by atomic mass is 16.5. The monoisotopic (exact) mass is 271 g/mol. The van der Waals surface area contributed by atoms with Gasteiger partial charge in [-0.3, -0.25) is 20.0 Å². The molecule has 1 aromatic heterocycles. The molecule has 0 aliphatic heterocycles. The number of nitrogen functional groups attached to an aromatic ring is 1. The minimum atomic E-state index is -0.399. The van der Waals surface area contributed by atoms with Crippen molar-refractivity contribution in [1.82, 2.24) is 10.4 Å². The Morgan fingerprint density at radius 1 is 1.35 bits per heavy atom. The summed E-state index contributed by atoms with van der Waals surface area (Å²) in [5.74, 6) is 5.21. The third-order valence-corrected chi connectivity index (χ3v) is 2.60. The number of hydrogen-bond acceptors (Lipinski definition) is 5. The van der Waals surface area contributed by atoms with Gasteiger partial charge in [-0.05, 0) is 24.3 Å². The molecule has 0 radical (unpaired) electrons. The van der Waals surface area contributed by atoms with Gasteiger partial charge in [0.05, 0.1) is 11.3 Å². The van der Waals surface area contributed by atoms with Gasteiger partial charge in [0.25, 0.3) is 5.91 Å². The Kier molecular flexibility index (Phi) is 4.41. The molecule has 1 amide bonds. The molecule has 6 heteroatoms. The number of hydrogen-bond donors (Lipinski definition) is 2. The molecule has 0 spiro atoms. The van der Waals surface area contributed by atoms with E-state index in [1.165, 1.54) is 6.20 Å². The number of pyridine rings is 1. The van der Waals surface area contributed by atoms with Gasteiger partial charge in [0.2, 0.25) is 0 Å². The van der Waals surface area contributed by atoms with Crippen LogP contribution < -0.4 is 16.0 Å². The summed E-state index contributed by atoms with van der Waals surface area (Å²) in [6.45, 7) is 0.243. The van der Waals surface area contributed by atoms with Crippen molar-refractivity contribution in [1.29, 1.82) is 0 Å². The van der Waals surface area contributed by atoms with Gasteiger partial charge >= 0.3 is 0 Å². The molecule has 0 aliphatic rings. The van der Waals surface area contributed by atoms with Crippen molar-refractivity contribution in [3.8, 4) is 5.75 Å². The summed E-state index contributed by atoms with van der Waals surface area (Å²) in [4.78, 5) is 26.0. The average molecular weight is 271 g/mol.